The van der Waals surface area contributed by atoms with E-state index in [0.29, 0.717) is 19.4 Å². The van der Waals surface area contributed by atoms with Crippen molar-refractivity contribution >= 4 is 5.91 Å². The van der Waals surface area contributed by atoms with Crippen LogP contribution in [0.2, 0.25) is 0 Å². The molecule has 2 heterocycles. The average Bonchev–Trinajstić information content (AvgIpc) is 3.31. The molecule has 1 amide bonds. The van der Waals surface area contributed by atoms with Gasteiger partial charge in [0, 0.05) is 38.0 Å². The fourth-order valence-corrected chi connectivity index (χ4v) is 3.97. The first-order valence-electron chi connectivity index (χ1n) is 11.6. The molecule has 1 fully saturated rings. The third-order valence-electron chi connectivity index (χ3n) is 5.83. The minimum absolute atomic E-state index is 0.0669. The van der Waals surface area contributed by atoms with E-state index in [9.17, 15) is 4.79 Å². The van der Waals surface area contributed by atoms with Crippen molar-refractivity contribution in [1.29, 1.82) is 0 Å². The van der Waals surface area contributed by atoms with Gasteiger partial charge in [-0.05, 0) is 43.3 Å². The van der Waals surface area contributed by atoms with Crippen molar-refractivity contribution in [3.63, 3.8) is 0 Å². The van der Waals surface area contributed by atoms with Crippen LogP contribution in [-0.4, -0.2) is 67.1 Å². The standard InChI is InChI=1S/C26H32N4O3/c1-32-24-11-9-23(10-12-24)30-25(21-6-3-2-4-7-21)20-22(28-30)8-13-26(31)27-14-5-15-29-16-18-33-19-17-29/h2-4,6-7,9-12,20H,5,8,13-19H2,1H3,(H,27,31). The number of aromatic nitrogens is 2. The highest BCUT2D eigenvalue weighted by Crippen LogP contribution is 2.25. The quantitative estimate of drug-likeness (QED) is 0.482. The molecule has 1 aromatic heterocycles. The number of methoxy groups -OCH3 is 1. The van der Waals surface area contributed by atoms with Crippen molar-refractivity contribution in [2.24, 2.45) is 0 Å². The molecule has 3 aromatic rings. The molecule has 174 valence electrons. The third-order valence-corrected chi connectivity index (χ3v) is 5.83. The van der Waals surface area contributed by atoms with E-state index in [2.05, 4.69) is 28.4 Å². The van der Waals surface area contributed by atoms with E-state index >= 15 is 0 Å². The second kappa shape index (κ2) is 11.6. The first-order valence-corrected chi connectivity index (χ1v) is 11.6. The zero-order valence-corrected chi connectivity index (χ0v) is 19.2. The Morgan fingerprint density at radius 3 is 2.58 bits per heavy atom. The topological polar surface area (TPSA) is 68.6 Å². The molecule has 2 aromatic carbocycles. The van der Waals surface area contributed by atoms with Gasteiger partial charge in [0.25, 0.3) is 0 Å². The van der Waals surface area contributed by atoms with Gasteiger partial charge >= 0.3 is 0 Å². The van der Waals surface area contributed by atoms with Crippen molar-refractivity contribution in [1.82, 2.24) is 20.0 Å². The summed E-state index contributed by atoms with van der Waals surface area (Å²) in [5, 5.41) is 7.86. The van der Waals surface area contributed by atoms with Gasteiger partial charge in [-0.25, -0.2) is 4.68 Å². The normalized spacial score (nSPS) is 14.2. The molecular formula is C26H32N4O3. The number of ether oxygens (including phenoxy) is 2. The number of rotatable bonds is 10. The van der Waals surface area contributed by atoms with Crippen LogP contribution in [-0.2, 0) is 16.0 Å². The van der Waals surface area contributed by atoms with Crippen LogP contribution in [0.25, 0.3) is 16.9 Å². The SMILES string of the molecule is COc1ccc(-n2nc(CCC(=O)NCCCN3CCOCC3)cc2-c2ccccc2)cc1. The molecule has 0 spiro atoms. The first kappa shape index (κ1) is 23.0. The van der Waals surface area contributed by atoms with E-state index < -0.39 is 0 Å². The third kappa shape index (κ3) is 6.43. The first-order chi connectivity index (χ1) is 16.2. The monoisotopic (exact) mass is 448 g/mol. The molecular weight excluding hydrogens is 416 g/mol. The Balaban J connectivity index is 1.36. The number of carbonyl (C=O) groups excluding carboxylic acids is 1. The van der Waals surface area contributed by atoms with Gasteiger partial charge in [0.05, 0.1) is 37.4 Å². The van der Waals surface area contributed by atoms with Crippen LogP contribution in [0.5, 0.6) is 5.75 Å². The summed E-state index contributed by atoms with van der Waals surface area (Å²) in [5.74, 6) is 0.870. The largest absolute Gasteiger partial charge is 0.497 e. The Morgan fingerprint density at radius 2 is 1.85 bits per heavy atom. The summed E-state index contributed by atoms with van der Waals surface area (Å²) in [6, 6.07) is 20.1. The molecule has 0 unspecified atom stereocenters. The lowest BCUT2D eigenvalue weighted by Gasteiger charge is -2.26. The van der Waals surface area contributed by atoms with Crippen molar-refractivity contribution in [3.8, 4) is 22.7 Å². The van der Waals surface area contributed by atoms with Gasteiger partial charge in [-0.3, -0.25) is 9.69 Å². The van der Waals surface area contributed by atoms with E-state index in [1.807, 2.05) is 47.1 Å². The highest BCUT2D eigenvalue weighted by atomic mass is 16.5. The molecule has 0 atom stereocenters. The molecule has 0 saturated carbocycles. The minimum atomic E-state index is 0.0669. The van der Waals surface area contributed by atoms with Crippen LogP contribution in [0.3, 0.4) is 0 Å². The number of amides is 1. The van der Waals surface area contributed by atoms with Crippen LogP contribution < -0.4 is 10.1 Å². The highest BCUT2D eigenvalue weighted by molar-refractivity contribution is 5.76. The van der Waals surface area contributed by atoms with E-state index in [1.165, 1.54) is 0 Å². The lowest BCUT2D eigenvalue weighted by molar-refractivity contribution is -0.121. The van der Waals surface area contributed by atoms with Gasteiger partial charge in [0.1, 0.15) is 5.75 Å². The molecule has 33 heavy (non-hydrogen) atoms. The van der Waals surface area contributed by atoms with Crippen LogP contribution in [0.4, 0.5) is 0 Å². The highest BCUT2D eigenvalue weighted by Gasteiger charge is 2.14. The molecule has 1 N–H and O–H groups in total. The number of aryl methyl sites for hydroxylation is 1. The predicted octanol–water partition coefficient (Wildman–Crippen LogP) is 3.32. The molecule has 1 saturated heterocycles. The second-order valence-corrected chi connectivity index (χ2v) is 8.15. The van der Waals surface area contributed by atoms with Gasteiger partial charge in [-0.15, -0.1) is 0 Å². The smallest absolute Gasteiger partial charge is 0.220 e. The Kier molecular flexibility index (Phi) is 8.11. The summed E-state index contributed by atoms with van der Waals surface area (Å²) < 4.78 is 12.6. The summed E-state index contributed by atoms with van der Waals surface area (Å²) in [5.41, 5.74) is 3.93. The van der Waals surface area contributed by atoms with Crippen molar-refractivity contribution in [2.45, 2.75) is 19.3 Å². The summed E-state index contributed by atoms with van der Waals surface area (Å²) >= 11 is 0. The van der Waals surface area contributed by atoms with Gasteiger partial charge in [-0.2, -0.15) is 5.10 Å². The molecule has 0 bridgehead atoms. The lowest BCUT2D eigenvalue weighted by Crippen LogP contribution is -2.38. The Labute approximate surface area is 195 Å². The van der Waals surface area contributed by atoms with E-state index in [-0.39, 0.29) is 5.91 Å². The number of hydrogen-bond donors (Lipinski definition) is 1. The number of hydrogen-bond acceptors (Lipinski definition) is 5. The second-order valence-electron chi connectivity index (χ2n) is 8.15. The summed E-state index contributed by atoms with van der Waals surface area (Å²) in [6.45, 7) is 5.27. The Morgan fingerprint density at radius 1 is 1.09 bits per heavy atom. The number of nitrogens with one attached hydrogen (secondary N) is 1. The molecule has 7 nitrogen and oxygen atoms in total. The van der Waals surface area contributed by atoms with Crippen molar-refractivity contribution < 1.29 is 14.3 Å². The molecule has 1 aliphatic heterocycles. The van der Waals surface area contributed by atoms with Crippen LogP contribution >= 0.6 is 0 Å². The minimum Gasteiger partial charge on any atom is -0.497 e. The van der Waals surface area contributed by atoms with Crippen LogP contribution in [0.15, 0.2) is 60.7 Å². The van der Waals surface area contributed by atoms with E-state index in [0.717, 1.165) is 67.7 Å². The van der Waals surface area contributed by atoms with Crippen molar-refractivity contribution in [2.75, 3.05) is 46.5 Å². The van der Waals surface area contributed by atoms with Gasteiger partial charge in [0.2, 0.25) is 5.91 Å². The number of nitrogens with zero attached hydrogens (tertiary/aromatic N) is 3. The Hall–Kier alpha value is -3.16. The summed E-state index contributed by atoms with van der Waals surface area (Å²) in [7, 11) is 1.66. The van der Waals surface area contributed by atoms with Gasteiger partial charge in [0.15, 0.2) is 0 Å². The number of morpholine rings is 1. The maximum absolute atomic E-state index is 12.4. The average molecular weight is 449 g/mol. The number of carbonyl (C=O) groups is 1. The van der Waals surface area contributed by atoms with E-state index in [1.54, 1.807) is 7.11 Å². The van der Waals surface area contributed by atoms with E-state index in [4.69, 9.17) is 14.6 Å². The molecule has 1 aliphatic rings. The van der Waals surface area contributed by atoms with Gasteiger partial charge in [-0.1, -0.05) is 30.3 Å². The van der Waals surface area contributed by atoms with Crippen LogP contribution in [0.1, 0.15) is 18.5 Å². The van der Waals surface area contributed by atoms with Gasteiger partial charge < -0.3 is 14.8 Å². The number of benzene rings is 2. The molecule has 0 aliphatic carbocycles. The maximum Gasteiger partial charge on any atom is 0.220 e. The zero-order chi connectivity index (χ0) is 22.9. The Bertz CT molecular complexity index is 1010. The van der Waals surface area contributed by atoms with Crippen molar-refractivity contribution in [3.05, 3.63) is 66.4 Å². The molecule has 7 heteroatoms. The summed E-state index contributed by atoms with van der Waals surface area (Å²) in [6.07, 6.45) is 1.97. The summed E-state index contributed by atoms with van der Waals surface area (Å²) in [4.78, 5) is 14.8. The van der Waals surface area contributed by atoms with Crippen LogP contribution in [0, 0.1) is 0 Å². The fraction of sp³-hybridized carbons (Fsp3) is 0.385. The lowest BCUT2D eigenvalue weighted by atomic mass is 10.1. The fourth-order valence-electron chi connectivity index (χ4n) is 3.97. The maximum atomic E-state index is 12.4. The zero-order valence-electron chi connectivity index (χ0n) is 19.2. The predicted molar refractivity (Wildman–Crippen MR) is 129 cm³/mol. The molecule has 4 rings (SSSR count). The molecule has 0 radical (unpaired) electrons.